The van der Waals surface area contributed by atoms with E-state index in [0.717, 1.165) is 16.3 Å². The molecule has 0 N–H and O–H groups in total. The van der Waals surface area contributed by atoms with Crippen LogP contribution in [0.25, 0.3) is 0 Å². The number of hydrogen-bond acceptors (Lipinski definition) is 3. The molecular formula is C13H13ClFNOS. The van der Waals surface area contributed by atoms with Gasteiger partial charge in [0.15, 0.2) is 0 Å². The molecule has 96 valence electrons. The van der Waals surface area contributed by atoms with Gasteiger partial charge < -0.3 is 4.74 Å². The van der Waals surface area contributed by atoms with Crippen molar-refractivity contribution in [1.82, 2.24) is 4.98 Å². The second-order valence-corrected chi connectivity index (χ2v) is 5.14. The molecule has 2 aromatic rings. The molecule has 0 saturated carbocycles. The molecular weight excluding hydrogens is 273 g/mol. The van der Waals surface area contributed by atoms with Crippen LogP contribution in [0.2, 0.25) is 0 Å². The number of benzene rings is 1. The van der Waals surface area contributed by atoms with Crippen LogP contribution in [0.15, 0.2) is 23.6 Å². The highest BCUT2D eigenvalue weighted by Crippen LogP contribution is 2.27. The van der Waals surface area contributed by atoms with Gasteiger partial charge in [-0.2, -0.15) is 0 Å². The zero-order valence-electron chi connectivity index (χ0n) is 10.1. The molecule has 18 heavy (non-hydrogen) atoms. The summed E-state index contributed by atoms with van der Waals surface area (Å²) in [5, 5.41) is 2.79. The second-order valence-electron chi connectivity index (χ2n) is 3.98. The summed E-state index contributed by atoms with van der Waals surface area (Å²) in [7, 11) is 0. The van der Waals surface area contributed by atoms with Crippen molar-refractivity contribution in [1.29, 1.82) is 0 Å². The van der Waals surface area contributed by atoms with Crippen LogP contribution in [-0.2, 0) is 5.88 Å². The summed E-state index contributed by atoms with van der Waals surface area (Å²) in [5.41, 5.74) is 1.62. The van der Waals surface area contributed by atoms with Crippen molar-refractivity contribution in [3.05, 3.63) is 45.7 Å². The number of aryl methyl sites for hydroxylation is 1. The second kappa shape index (κ2) is 5.67. The molecule has 1 atom stereocenters. The fraction of sp³-hybridized carbons (Fsp3) is 0.308. The molecule has 2 rings (SSSR count). The number of rotatable bonds is 4. The summed E-state index contributed by atoms with van der Waals surface area (Å²) in [6, 6.07) is 4.48. The number of aromatic nitrogens is 1. The number of halogens is 2. The van der Waals surface area contributed by atoms with E-state index in [1.165, 1.54) is 23.5 Å². The van der Waals surface area contributed by atoms with Crippen molar-refractivity contribution >= 4 is 22.9 Å². The Morgan fingerprint density at radius 2 is 2.28 bits per heavy atom. The topological polar surface area (TPSA) is 22.1 Å². The summed E-state index contributed by atoms with van der Waals surface area (Å²) < 4.78 is 18.8. The molecule has 0 aliphatic carbocycles. The highest BCUT2D eigenvalue weighted by Gasteiger charge is 2.13. The minimum Gasteiger partial charge on any atom is -0.483 e. The van der Waals surface area contributed by atoms with Crippen LogP contribution in [-0.4, -0.2) is 4.98 Å². The molecule has 0 aliphatic heterocycles. The number of thiazole rings is 1. The molecule has 1 heterocycles. The molecule has 0 aliphatic rings. The molecule has 0 bridgehead atoms. The minimum atomic E-state index is -0.258. The van der Waals surface area contributed by atoms with Crippen molar-refractivity contribution < 1.29 is 9.13 Å². The zero-order valence-corrected chi connectivity index (χ0v) is 11.7. The third-order valence-electron chi connectivity index (χ3n) is 2.49. The van der Waals surface area contributed by atoms with Crippen LogP contribution in [0.5, 0.6) is 5.75 Å². The van der Waals surface area contributed by atoms with Gasteiger partial charge in [-0.3, -0.25) is 0 Å². The van der Waals surface area contributed by atoms with Crippen LogP contribution in [0, 0.1) is 12.7 Å². The normalized spacial score (nSPS) is 12.4. The molecule has 0 amide bonds. The van der Waals surface area contributed by atoms with Crippen LogP contribution in [0.4, 0.5) is 4.39 Å². The molecule has 0 saturated heterocycles. The minimum absolute atomic E-state index is 0.170. The Bertz CT molecular complexity index is 544. The van der Waals surface area contributed by atoms with Gasteiger partial charge in [0.25, 0.3) is 0 Å². The van der Waals surface area contributed by atoms with Gasteiger partial charge in [0.2, 0.25) is 0 Å². The predicted molar refractivity (Wildman–Crippen MR) is 71.9 cm³/mol. The molecule has 2 nitrogen and oxygen atoms in total. The van der Waals surface area contributed by atoms with Crippen molar-refractivity contribution in [3.63, 3.8) is 0 Å². The third kappa shape index (κ3) is 3.00. The first-order valence-corrected chi connectivity index (χ1v) is 6.94. The lowest BCUT2D eigenvalue weighted by molar-refractivity contribution is 0.224. The van der Waals surface area contributed by atoms with Gasteiger partial charge in [-0.25, -0.2) is 9.37 Å². The molecule has 1 aromatic carbocycles. The average molecular weight is 286 g/mol. The van der Waals surface area contributed by atoms with Gasteiger partial charge in [0.1, 0.15) is 22.7 Å². The Morgan fingerprint density at radius 3 is 2.89 bits per heavy atom. The van der Waals surface area contributed by atoms with E-state index in [0.29, 0.717) is 11.6 Å². The Kier molecular flexibility index (Phi) is 4.19. The van der Waals surface area contributed by atoms with Crippen molar-refractivity contribution in [2.24, 2.45) is 0 Å². The molecule has 0 fully saturated rings. The van der Waals surface area contributed by atoms with Crippen molar-refractivity contribution in [2.75, 3.05) is 0 Å². The fourth-order valence-corrected chi connectivity index (χ4v) is 2.59. The molecule has 5 heteroatoms. The predicted octanol–water partition coefficient (Wildman–Crippen LogP) is 4.47. The molecule has 0 radical (unpaired) electrons. The smallest absolute Gasteiger partial charge is 0.147 e. The highest BCUT2D eigenvalue weighted by atomic mass is 35.5. The lowest BCUT2D eigenvalue weighted by Gasteiger charge is -2.14. The van der Waals surface area contributed by atoms with E-state index in [2.05, 4.69) is 4.98 Å². The summed E-state index contributed by atoms with van der Waals surface area (Å²) in [6.45, 7) is 3.73. The van der Waals surface area contributed by atoms with E-state index in [9.17, 15) is 4.39 Å². The summed E-state index contributed by atoms with van der Waals surface area (Å²) in [4.78, 5) is 4.36. The number of hydrogen-bond donors (Lipinski definition) is 0. The Morgan fingerprint density at radius 1 is 1.50 bits per heavy atom. The van der Waals surface area contributed by atoms with E-state index in [1.807, 2.05) is 19.2 Å². The first-order valence-electron chi connectivity index (χ1n) is 5.53. The van der Waals surface area contributed by atoms with Gasteiger partial charge >= 0.3 is 0 Å². The summed E-state index contributed by atoms with van der Waals surface area (Å²) >= 11 is 7.23. The average Bonchev–Trinajstić information content (AvgIpc) is 2.81. The lowest BCUT2D eigenvalue weighted by Crippen LogP contribution is -2.04. The molecule has 1 unspecified atom stereocenters. The van der Waals surface area contributed by atoms with E-state index >= 15 is 0 Å². The SMILES string of the molecule is Cc1cc(F)ccc1OC(C)c1nc(CCl)cs1. The Labute approximate surface area is 114 Å². The Balaban J connectivity index is 2.13. The third-order valence-corrected chi connectivity index (χ3v) is 3.82. The van der Waals surface area contributed by atoms with Crippen LogP contribution in [0.3, 0.4) is 0 Å². The summed E-state index contributed by atoms with van der Waals surface area (Å²) in [6.07, 6.45) is -0.170. The van der Waals surface area contributed by atoms with Gasteiger partial charge in [-0.05, 0) is 37.6 Å². The first-order chi connectivity index (χ1) is 8.60. The van der Waals surface area contributed by atoms with Crippen LogP contribution >= 0.6 is 22.9 Å². The number of ether oxygens (including phenoxy) is 1. The maximum atomic E-state index is 13.0. The summed E-state index contributed by atoms with van der Waals surface area (Å²) in [5.74, 6) is 0.816. The van der Waals surface area contributed by atoms with E-state index in [1.54, 1.807) is 6.07 Å². The standard InChI is InChI=1S/C13H13ClFNOS/c1-8-5-10(15)3-4-12(8)17-9(2)13-16-11(6-14)7-18-13/h3-5,7,9H,6H2,1-2H3. The van der Waals surface area contributed by atoms with Gasteiger partial charge in [-0.1, -0.05) is 0 Å². The van der Waals surface area contributed by atoms with Gasteiger partial charge in [-0.15, -0.1) is 22.9 Å². The van der Waals surface area contributed by atoms with Gasteiger partial charge in [0, 0.05) is 5.38 Å². The number of nitrogens with zero attached hydrogens (tertiary/aromatic N) is 1. The zero-order chi connectivity index (χ0) is 13.1. The largest absolute Gasteiger partial charge is 0.483 e. The van der Waals surface area contributed by atoms with Gasteiger partial charge in [0.05, 0.1) is 11.6 Å². The van der Waals surface area contributed by atoms with Crippen molar-refractivity contribution in [3.8, 4) is 5.75 Å². The van der Waals surface area contributed by atoms with Crippen molar-refractivity contribution in [2.45, 2.75) is 25.8 Å². The lowest BCUT2D eigenvalue weighted by atomic mass is 10.2. The van der Waals surface area contributed by atoms with Crippen LogP contribution in [0.1, 0.15) is 29.3 Å². The molecule has 1 aromatic heterocycles. The van der Waals surface area contributed by atoms with E-state index < -0.39 is 0 Å². The first kappa shape index (κ1) is 13.3. The number of alkyl halides is 1. The van der Waals surface area contributed by atoms with E-state index in [4.69, 9.17) is 16.3 Å². The maximum Gasteiger partial charge on any atom is 0.147 e. The maximum absolute atomic E-state index is 13.0. The highest BCUT2D eigenvalue weighted by molar-refractivity contribution is 7.09. The van der Waals surface area contributed by atoms with E-state index in [-0.39, 0.29) is 11.9 Å². The quantitative estimate of drug-likeness (QED) is 0.773. The monoisotopic (exact) mass is 285 g/mol. The molecule has 0 spiro atoms. The fourth-order valence-electron chi connectivity index (χ4n) is 1.56. The van der Waals surface area contributed by atoms with Crippen LogP contribution < -0.4 is 4.74 Å². The Hall–Kier alpha value is -1.13.